The molecular weight excluding hydrogens is 356 g/mol. The lowest BCUT2D eigenvalue weighted by molar-refractivity contribution is 0.0601. The number of hydrogen-bond acceptors (Lipinski definition) is 6. The summed E-state index contributed by atoms with van der Waals surface area (Å²) >= 11 is 2.88. The van der Waals surface area contributed by atoms with Gasteiger partial charge in [-0.1, -0.05) is 0 Å². The van der Waals surface area contributed by atoms with Crippen molar-refractivity contribution in [2.24, 2.45) is 0 Å². The Morgan fingerprint density at radius 3 is 2.88 bits per heavy atom. The van der Waals surface area contributed by atoms with Crippen LogP contribution in [0.25, 0.3) is 0 Å². The van der Waals surface area contributed by atoms with E-state index in [1.165, 1.54) is 22.0 Å². The monoisotopic (exact) mass is 372 g/mol. The van der Waals surface area contributed by atoms with E-state index in [9.17, 15) is 9.90 Å². The number of thiophene rings is 1. The van der Waals surface area contributed by atoms with Gasteiger partial charge in [-0.2, -0.15) is 0 Å². The number of aromatic nitrogens is 1. The van der Waals surface area contributed by atoms with Crippen LogP contribution in [0.4, 0.5) is 0 Å². The minimum absolute atomic E-state index is 0.000793. The first-order chi connectivity index (χ1) is 12.2. The zero-order valence-electron chi connectivity index (χ0n) is 13.3. The predicted molar refractivity (Wildman–Crippen MR) is 97.5 cm³/mol. The van der Waals surface area contributed by atoms with Crippen molar-refractivity contribution >= 4 is 28.8 Å². The molecule has 1 unspecified atom stereocenters. The maximum atomic E-state index is 12.9. The molecular formula is C18H16N2O3S2. The second-order valence-corrected chi connectivity index (χ2v) is 7.54. The van der Waals surface area contributed by atoms with Crippen LogP contribution < -0.4 is 4.74 Å². The van der Waals surface area contributed by atoms with Gasteiger partial charge in [0.05, 0.1) is 0 Å². The van der Waals surface area contributed by atoms with Gasteiger partial charge in [-0.3, -0.25) is 4.79 Å². The van der Waals surface area contributed by atoms with E-state index in [0.717, 1.165) is 6.42 Å². The summed E-state index contributed by atoms with van der Waals surface area (Å²) in [6.07, 6.45) is 2.51. The molecule has 0 radical (unpaired) electrons. The van der Waals surface area contributed by atoms with Crippen molar-refractivity contribution in [3.63, 3.8) is 0 Å². The van der Waals surface area contributed by atoms with E-state index >= 15 is 0 Å². The maximum Gasteiger partial charge on any atom is 0.266 e. The number of rotatable bonds is 4. The van der Waals surface area contributed by atoms with Gasteiger partial charge in [0.25, 0.3) is 5.91 Å². The predicted octanol–water partition coefficient (Wildman–Crippen LogP) is 3.73. The lowest BCUT2D eigenvalue weighted by atomic mass is 10.0. The molecule has 5 nitrogen and oxygen atoms in total. The Bertz CT molecular complexity index is 859. The third kappa shape index (κ3) is 3.25. The number of phenols is 1. The van der Waals surface area contributed by atoms with Crippen LogP contribution >= 0.6 is 22.9 Å². The molecule has 7 heteroatoms. The van der Waals surface area contributed by atoms with Crippen molar-refractivity contribution in [3.05, 3.63) is 63.3 Å². The van der Waals surface area contributed by atoms with E-state index in [-0.39, 0.29) is 17.7 Å². The maximum absolute atomic E-state index is 12.9. The van der Waals surface area contributed by atoms with Gasteiger partial charge in [0.2, 0.25) is 0 Å². The van der Waals surface area contributed by atoms with E-state index in [4.69, 9.17) is 4.74 Å². The van der Waals surface area contributed by atoms with E-state index in [1.807, 2.05) is 4.90 Å². The molecule has 0 saturated heterocycles. The second kappa shape index (κ2) is 6.85. The first-order valence-corrected chi connectivity index (χ1v) is 9.57. The second-order valence-electron chi connectivity index (χ2n) is 5.76. The zero-order valence-corrected chi connectivity index (χ0v) is 14.9. The first-order valence-electron chi connectivity index (χ1n) is 7.92. The van der Waals surface area contributed by atoms with Crippen LogP contribution in [-0.4, -0.2) is 33.4 Å². The van der Waals surface area contributed by atoms with Crippen molar-refractivity contribution in [2.45, 2.75) is 12.5 Å². The zero-order chi connectivity index (χ0) is 17.2. The highest BCUT2D eigenvalue weighted by Gasteiger charge is 2.33. The van der Waals surface area contributed by atoms with Gasteiger partial charge >= 0.3 is 0 Å². The van der Waals surface area contributed by atoms with E-state index in [0.29, 0.717) is 23.8 Å². The van der Waals surface area contributed by atoms with Crippen LogP contribution in [-0.2, 0) is 6.42 Å². The summed E-state index contributed by atoms with van der Waals surface area (Å²) in [6, 6.07) is 10.4. The fourth-order valence-corrected chi connectivity index (χ4v) is 4.58. The fourth-order valence-electron chi connectivity index (χ4n) is 2.98. The molecule has 0 saturated carbocycles. The molecule has 128 valence electrons. The highest BCUT2D eigenvalue weighted by Crippen LogP contribution is 2.35. The summed E-state index contributed by atoms with van der Waals surface area (Å²) in [5.41, 5.74) is 1.29. The smallest absolute Gasteiger partial charge is 0.266 e. The number of phenolic OH excluding ortho intramolecular Hbond substituents is 1. The Morgan fingerprint density at radius 1 is 1.28 bits per heavy atom. The molecule has 25 heavy (non-hydrogen) atoms. The van der Waals surface area contributed by atoms with Gasteiger partial charge in [-0.25, -0.2) is 4.37 Å². The molecule has 1 aliphatic heterocycles. The van der Waals surface area contributed by atoms with Gasteiger partial charge in [-0.05, 0) is 65.3 Å². The number of amides is 1. The van der Waals surface area contributed by atoms with E-state index in [2.05, 4.69) is 15.8 Å². The lowest BCUT2D eigenvalue weighted by Gasteiger charge is -2.35. The average molecular weight is 372 g/mol. The molecule has 0 fully saturated rings. The van der Waals surface area contributed by atoms with Crippen LogP contribution in [0.2, 0.25) is 0 Å². The summed E-state index contributed by atoms with van der Waals surface area (Å²) < 4.78 is 9.96. The number of ether oxygens (including phenoxy) is 1. The summed E-state index contributed by atoms with van der Waals surface area (Å²) in [4.78, 5) is 16.6. The normalized spacial score (nSPS) is 16.5. The number of carbonyl (C=O) groups is 1. The van der Waals surface area contributed by atoms with Crippen molar-refractivity contribution < 1.29 is 14.6 Å². The van der Waals surface area contributed by atoms with E-state index < -0.39 is 0 Å². The number of nitrogens with zero attached hydrogens (tertiary/aromatic N) is 2. The van der Waals surface area contributed by atoms with Gasteiger partial charge in [0.15, 0.2) is 0 Å². The molecule has 1 aliphatic rings. The van der Waals surface area contributed by atoms with Crippen molar-refractivity contribution in [1.29, 1.82) is 0 Å². The minimum Gasteiger partial charge on any atom is -0.508 e. The number of carbonyl (C=O) groups excluding carboxylic acids is 1. The number of benzene rings is 1. The van der Waals surface area contributed by atoms with Crippen molar-refractivity contribution in [2.75, 3.05) is 13.2 Å². The molecule has 0 bridgehead atoms. The Kier molecular flexibility index (Phi) is 4.42. The molecule has 1 atom stereocenters. The Labute approximate surface area is 153 Å². The minimum atomic E-state index is -0.118. The number of fused-ring (bicyclic) bond motifs is 1. The summed E-state index contributed by atoms with van der Waals surface area (Å²) in [6.45, 7) is 1.05. The molecule has 4 rings (SSSR count). The topological polar surface area (TPSA) is 62.7 Å². The molecule has 1 amide bonds. The van der Waals surface area contributed by atoms with Gasteiger partial charge in [-0.15, -0.1) is 11.3 Å². The van der Waals surface area contributed by atoms with Gasteiger partial charge in [0, 0.05) is 17.6 Å². The number of aromatic hydroxyl groups is 1. The largest absolute Gasteiger partial charge is 0.508 e. The molecule has 0 aliphatic carbocycles. The fraction of sp³-hybridized carbons (Fsp3) is 0.222. The SMILES string of the molecule is O=C(c1ccns1)N1CCc2ccsc2C1COc1ccc(O)cc1. The van der Waals surface area contributed by atoms with Crippen molar-refractivity contribution in [3.8, 4) is 11.5 Å². The molecule has 0 spiro atoms. The Balaban J connectivity index is 1.58. The molecule has 1 N–H and O–H groups in total. The van der Waals surface area contributed by atoms with E-state index in [1.54, 1.807) is 47.9 Å². The molecule has 1 aromatic carbocycles. The van der Waals surface area contributed by atoms with Gasteiger partial charge in [0.1, 0.15) is 29.0 Å². The summed E-state index contributed by atoms with van der Waals surface area (Å²) in [5, 5.41) is 11.5. The Morgan fingerprint density at radius 2 is 2.12 bits per heavy atom. The van der Waals surface area contributed by atoms with Crippen molar-refractivity contribution in [1.82, 2.24) is 9.27 Å². The number of hydrogen-bond donors (Lipinski definition) is 1. The van der Waals surface area contributed by atoms with Crippen LogP contribution in [0, 0.1) is 0 Å². The third-order valence-corrected chi connectivity index (χ3v) is 6.03. The quantitative estimate of drug-likeness (QED) is 0.758. The summed E-state index contributed by atoms with van der Waals surface area (Å²) in [5.74, 6) is 0.875. The Hall–Kier alpha value is -2.38. The standard InChI is InChI=1S/C18H16N2O3S2/c21-13-1-3-14(4-2-13)23-11-15-17-12(7-10-24-17)6-9-20(15)18(22)16-5-8-19-25-16/h1-5,7-8,10,15,21H,6,9,11H2. The first kappa shape index (κ1) is 16.1. The average Bonchev–Trinajstić information content (AvgIpc) is 3.32. The lowest BCUT2D eigenvalue weighted by Crippen LogP contribution is -2.41. The van der Waals surface area contributed by atoms with Gasteiger partial charge < -0.3 is 14.7 Å². The third-order valence-electron chi connectivity index (χ3n) is 4.24. The van der Waals surface area contributed by atoms with Crippen LogP contribution in [0.1, 0.15) is 26.2 Å². The molecule has 2 aromatic heterocycles. The molecule has 3 aromatic rings. The summed E-state index contributed by atoms with van der Waals surface area (Å²) in [7, 11) is 0. The highest BCUT2D eigenvalue weighted by molar-refractivity contribution is 7.10. The van der Waals surface area contributed by atoms with Crippen LogP contribution in [0.15, 0.2) is 48.0 Å². The van der Waals surface area contributed by atoms with Crippen LogP contribution in [0.5, 0.6) is 11.5 Å². The molecule has 3 heterocycles. The highest BCUT2D eigenvalue weighted by atomic mass is 32.1. The van der Waals surface area contributed by atoms with Crippen LogP contribution in [0.3, 0.4) is 0 Å².